The Kier molecular flexibility index (Phi) is 6.88. The van der Waals surface area contributed by atoms with E-state index in [-0.39, 0.29) is 0 Å². The van der Waals surface area contributed by atoms with Crippen molar-refractivity contribution in [2.24, 2.45) is 0 Å². The zero-order valence-electron chi connectivity index (χ0n) is 16.0. The first kappa shape index (κ1) is 19.8. The van der Waals surface area contributed by atoms with Gasteiger partial charge in [-0.2, -0.15) is 0 Å². The zero-order valence-corrected chi connectivity index (χ0v) is 16.8. The highest BCUT2D eigenvalue weighted by Crippen LogP contribution is 2.33. The average molecular weight is 362 g/mol. The molecule has 0 amide bonds. The Hall–Kier alpha value is -1.55. The summed E-state index contributed by atoms with van der Waals surface area (Å²) in [6, 6.07) is 11.7. The van der Waals surface area contributed by atoms with Crippen molar-refractivity contribution in [2.45, 2.75) is 63.5 Å². The van der Waals surface area contributed by atoms with Crippen LogP contribution in [-0.2, 0) is 9.84 Å². The Labute approximate surface area is 153 Å². The first-order valence-electron chi connectivity index (χ1n) is 9.44. The van der Waals surface area contributed by atoms with E-state index in [0.29, 0.717) is 4.90 Å². The van der Waals surface area contributed by atoms with Crippen molar-refractivity contribution in [1.82, 2.24) is 0 Å². The van der Waals surface area contributed by atoms with Crippen LogP contribution in [0.4, 0.5) is 5.69 Å². The maximum Gasteiger partial charge on any atom is 0.181 e. The first-order valence-corrected chi connectivity index (χ1v) is 11.0. The topological polar surface area (TPSA) is 37.4 Å². The van der Waals surface area contributed by atoms with Crippen LogP contribution in [-0.4, -0.2) is 26.8 Å². The van der Waals surface area contributed by atoms with E-state index in [1.165, 1.54) is 0 Å². The molecule has 2 rings (SSSR count). The van der Waals surface area contributed by atoms with Crippen LogP contribution in [0.5, 0.6) is 0 Å². The van der Waals surface area contributed by atoms with Crippen molar-refractivity contribution in [3.05, 3.63) is 36.4 Å². The molecule has 0 saturated heterocycles. The molecular formula is C21H31NO2S. The van der Waals surface area contributed by atoms with E-state index in [1.807, 2.05) is 18.2 Å². The lowest BCUT2D eigenvalue weighted by molar-refractivity contribution is 0.588. The van der Waals surface area contributed by atoms with Gasteiger partial charge in [0.15, 0.2) is 9.84 Å². The Morgan fingerprint density at radius 2 is 1.44 bits per heavy atom. The molecule has 0 aliphatic rings. The fourth-order valence-corrected chi connectivity index (χ4v) is 4.35. The molecular weight excluding hydrogens is 330 g/mol. The van der Waals surface area contributed by atoms with Crippen molar-refractivity contribution in [3.63, 3.8) is 0 Å². The smallest absolute Gasteiger partial charge is 0.181 e. The molecule has 0 aliphatic carbocycles. The first-order chi connectivity index (χ1) is 11.9. The molecule has 0 bridgehead atoms. The van der Waals surface area contributed by atoms with Gasteiger partial charge >= 0.3 is 0 Å². The summed E-state index contributed by atoms with van der Waals surface area (Å²) in [5, 5.41) is 1.46. The number of nitrogens with zero attached hydrogens (tertiary/aromatic N) is 1. The fraction of sp³-hybridized carbons (Fsp3) is 0.524. The normalized spacial score (nSPS) is 12.0. The van der Waals surface area contributed by atoms with E-state index < -0.39 is 15.1 Å². The molecule has 2 aromatic carbocycles. The minimum atomic E-state index is -3.30. The zero-order chi connectivity index (χ0) is 18.4. The van der Waals surface area contributed by atoms with Gasteiger partial charge in [0.25, 0.3) is 0 Å². The molecule has 4 heteroatoms. The average Bonchev–Trinajstić information content (AvgIpc) is 2.61. The lowest BCUT2D eigenvalue weighted by atomic mass is 10.1. The number of unbranched alkanes of at least 4 members (excludes halogenated alkanes) is 2. The van der Waals surface area contributed by atoms with Gasteiger partial charge in [-0.05, 0) is 38.8 Å². The lowest BCUT2D eigenvalue weighted by Crippen LogP contribution is -2.25. The quantitative estimate of drug-likeness (QED) is 0.598. The van der Waals surface area contributed by atoms with E-state index in [4.69, 9.17) is 0 Å². The van der Waals surface area contributed by atoms with Gasteiger partial charge in [-0.3, -0.25) is 0 Å². The number of anilines is 1. The molecule has 2 aromatic rings. The van der Waals surface area contributed by atoms with Crippen LogP contribution >= 0.6 is 0 Å². The highest BCUT2D eigenvalue weighted by atomic mass is 32.2. The molecule has 0 heterocycles. The van der Waals surface area contributed by atoms with Crippen LogP contribution in [0.1, 0.15) is 53.4 Å². The van der Waals surface area contributed by atoms with Crippen molar-refractivity contribution < 1.29 is 8.42 Å². The second-order valence-electron chi connectivity index (χ2n) is 6.92. The molecule has 0 unspecified atom stereocenters. The monoisotopic (exact) mass is 361 g/mol. The van der Waals surface area contributed by atoms with Gasteiger partial charge in [-0.25, -0.2) is 8.42 Å². The summed E-state index contributed by atoms with van der Waals surface area (Å²) in [5.41, 5.74) is 1.15. The minimum Gasteiger partial charge on any atom is -0.371 e. The predicted octanol–water partition coefficient (Wildman–Crippen LogP) is 5.43. The summed E-state index contributed by atoms with van der Waals surface area (Å²) in [7, 11) is -3.30. The summed E-state index contributed by atoms with van der Waals surface area (Å²) in [5.74, 6) is 0. The van der Waals surface area contributed by atoms with E-state index in [9.17, 15) is 8.42 Å². The van der Waals surface area contributed by atoms with Crippen LogP contribution in [0.25, 0.3) is 10.8 Å². The second-order valence-corrected chi connectivity index (χ2v) is 9.39. The van der Waals surface area contributed by atoms with Crippen LogP contribution in [0, 0.1) is 0 Å². The number of benzene rings is 2. The highest BCUT2D eigenvalue weighted by molar-refractivity contribution is 7.92. The van der Waals surface area contributed by atoms with Crippen LogP contribution in [0.3, 0.4) is 0 Å². The summed E-state index contributed by atoms with van der Waals surface area (Å²) < 4.78 is 25.5. The Bertz CT molecular complexity index is 789. The van der Waals surface area contributed by atoms with Gasteiger partial charge in [0.1, 0.15) is 0 Å². The Balaban J connectivity index is 2.58. The molecule has 3 nitrogen and oxygen atoms in total. The van der Waals surface area contributed by atoms with Crippen LogP contribution in [0.15, 0.2) is 41.3 Å². The number of rotatable bonds is 9. The molecule has 0 aromatic heterocycles. The molecule has 0 radical (unpaired) electrons. The third-order valence-electron chi connectivity index (χ3n) is 4.69. The summed E-state index contributed by atoms with van der Waals surface area (Å²) in [6.45, 7) is 9.91. The van der Waals surface area contributed by atoms with Crippen LogP contribution in [0.2, 0.25) is 0 Å². The minimum absolute atomic E-state index is 0.418. The number of hydrogen-bond acceptors (Lipinski definition) is 3. The molecule has 0 aliphatic heterocycles. The van der Waals surface area contributed by atoms with Gasteiger partial charge in [0.2, 0.25) is 0 Å². The number of sulfone groups is 1. The lowest BCUT2D eigenvalue weighted by Gasteiger charge is -2.26. The molecule has 138 valence electrons. The molecule has 0 spiro atoms. The second kappa shape index (κ2) is 8.70. The Morgan fingerprint density at radius 3 is 2.00 bits per heavy atom. The predicted molar refractivity (Wildman–Crippen MR) is 108 cm³/mol. The van der Waals surface area contributed by atoms with Crippen molar-refractivity contribution >= 4 is 26.3 Å². The van der Waals surface area contributed by atoms with Gasteiger partial charge in [-0.15, -0.1) is 0 Å². The fourth-order valence-electron chi connectivity index (χ4n) is 3.09. The number of fused-ring (bicyclic) bond motifs is 1. The maximum atomic E-state index is 12.8. The van der Waals surface area contributed by atoms with E-state index in [1.54, 1.807) is 19.9 Å². The van der Waals surface area contributed by atoms with E-state index in [2.05, 4.69) is 30.9 Å². The summed E-state index contributed by atoms with van der Waals surface area (Å²) in [4.78, 5) is 2.87. The Morgan fingerprint density at radius 1 is 0.880 bits per heavy atom. The van der Waals surface area contributed by atoms with E-state index >= 15 is 0 Å². The van der Waals surface area contributed by atoms with Crippen molar-refractivity contribution in [1.29, 1.82) is 0 Å². The SMILES string of the molecule is CCCCN(CCCC)c1cccc2c(S(=O)(=O)C(C)C)cccc12. The third kappa shape index (κ3) is 4.35. The number of hydrogen-bond donors (Lipinski definition) is 0. The summed E-state index contributed by atoms with van der Waals surface area (Å²) in [6.07, 6.45) is 4.59. The standard InChI is InChI=1S/C21H31NO2S/c1-5-7-15-22(16-8-6-2)20-13-9-12-19-18(20)11-10-14-21(19)25(23,24)17(3)4/h9-14,17H,5-8,15-16H2,1-4H3. The summed E-state index contributed by atoms with van der Waals surface area (Å²) >= 11 is 0. The maximum absolute atomic E-state index is 12.8. The van der Waals surface area contributed by atoms with Crippen LogP contribution < -0.4 is 4.90 Å². The van der Waals surface area contributed by atoms with Gasteiger partial charge in [0.05, 0.1) is 10.1 Å². The largest absolute Gasteiger partial charge is 0.371 e. The van der Waals surface area contributed by atoms with Crippen molar-refractivity contribution in [2.75, 3.05) is 18.0 Å². The molecule has 0 saturated carbocycles. The highest BCUT2D eigenvalue weighted by Gasteiger charge is 2.22. The van der Waals surface area contributed by atoms with Gasteiger partial charge in [-0.1, -0.05) is 51.0 Å². The van der Waals surface area contributed by atoms with Gasteiger partial charge in [0, 0.05) is 29.5 Å². The molecule has 0 fully saturated rings. The van der Waals surface area contributed by atoms with Gasteiger partial charge < -0.3 is 4.90 Å². The van der Waals surface area contributed by atoms with Crippen molar-refractivity contribution in [3.8, 4) is 0 Å². The molecule has 0 atom stereocenters. The van der Waals surface area contributed by atoms with E-state index in [0.717, 1.165) is 55.2 Å². The third-order valence-corrected chi connectivity index (χ3v) is 6.90. The molecule has 0 N–H and O–H groups in total. The molecule has 25 heavy (non-hydrogen) atoms.